The molecule has 0 saturated heterocycles. The molecule has 7 heteroatoms. The highest BCUT2D eigenvalue weighted by atomic mass is 35.5. The lowest BCUT2D eigenvalue weighted by molar-refractivity contribution is -0.384. The fraction of sp³-hybridized carbons (Fsp3) is 0. The number of allylic oxidation sites excluding steroid dienone is 1. The number of nitro groups is 1. The zero-order valence-corrected chi connectivity index (χ0v) is 8.08. The minimum absolute atomic E-state index is 0.0133. The average Bonchev–Trinajstić information content (AvgIpc) is 2.68. The van der Waals surface area contributed by atoms with Crippen molar-refractivity contribution in [1.82, 2.24) is 4.98 Å². The molecule has 1 heterocycles. The summed E-state index contributed by atoms with van der Waals surface area (Å²) in [6.45, 7) is 0. The van der Waals surface area contributed by atoms with E-state index in [2.05, 4.69) is 4.98 Å². The quantitative estimate of drug-likeness (QED) is 0.355. The first kappa shape index (κ1) is 10.9. The molecule has 1 aromatic heterocycles. The molecule has 0 atom stereocenters. The fourth-order valence-electron chi connectivity index (χ4n) is 0.905. The van der Waals surface area contributed by atoms with Crippen molar-refractivity contribution < 1.29 is 4.92 Å². The molecule has 6 nitrogen and oxygen atoms in total. The predicted octanol–water partition coefficient (Wildman–Crippen LogP) is 2.05. The van der Waals surface area contributed by atoms with Gasteiger partial charge < -0.3 is 10.4 Å². The smallest absolute Gasteiger partial charge is 0.287 e. The van der Waals surface area contributed by atoms with Crippen LogP contribution in [-0.2, 0) is 0 Å². The molecule has 15 heavy (non-hydrogen) atoms. The first-order valence-corrected chi connectivity index (χ1v) is 4.11. The largest absolute Gasteiger partial charge is 0.354 e. The molecular formula is C8H5ClN4O2. The third-order valence-corrected chi connectivity index (χ3v) is 2.02. The van der Waals surface area contributed by atoms with Crippen molar-refractivity contribution in [1.29, 1.82) is 10.7 Å². The number of hydrogen-bond acceptors (Lipinski definition) is 4. The van der Waals surface area contributed by atoms with Crippen LogP contribution < -0.4 is 0 Å². The van der Waals surface area contributed by atoms with Crippen LogP contribution in [0.25, 0.3) is 5.03 Å². The number of hydrogen-bond donors (Lipinski definition) is 2. The van der Waals surface area contributed by atoms with E-state index in [0.717, 1.165) is 12.4 Å². The third kappa shape index (κ3) is 2.21. The monoisotopic (exact) mass is 224 g/mol. The van der Waals surface area contributed by atoms with E-state index in [9.17, 15) is 10.1 Å². The SMILES string of the molecule is N#C/C(C=N)=C(\Cl)c1cc([N+](=O)[O-])c[nH]1. The van der Waals surface area contributed by atoms with E-state index in [1.807, 2.05) is 0 Å². The first-order valence-electron chi connectivity index (χ1n) is 3.73. The Balaban J connectivity index is 3.18. The number of aromatic nitrogens is 1. The van der Waals surface area contributed by atoms with Crippen LogP contribution in [0.3, 0.4) is 0 Å². The number of nitrogens with one attached hydrogen (secondary N) is 2. The van der Waals surface area contributed by atoms with Gasteiger partial charge in [0, 0.05) is 12.3 Å². The summed E-state index contributed by atoms with van der Waals surface area (Å²) < 4.78 is 0. The topological polar surface area (TPSA) is 107 Å². The highest BCUT2D eigenvalue weighted by Crippen LogP contribution is 2.24. The van der Waals surface area contributed by atoms with Crippen molar-refractivity contribution in [3.8, 4) is 6.07 Å². The molecule has 76 valence electrons. The van der Waals surface area contributed by atoms with Crippen molar-refractivity contribution in [2.75, 3.05) is 0 Å². The highest BCUT2D eigenvalue weighted by molar-refractivity contribution is 6.50. The molecule has 0 spiro atoms. The van der Waals surface area contributed by atoms with Gasteiger partial charge in [-0.3, -0.25) is 10.1 Å². The maximum Gasteiger partial charge on any atom is 0.287 e. The van der Waals surface area contributed by atoms with Crippen LogP contribution in [0, 0.1) is 26.9 Å². The molecule has 1 aromatic rings. The minimum Gasteiger partial charge on any atom is -0.354 e. The second kappa shape index (κ2) is 4.39. The Morgan fingerprint density at radius 3 is 2.87 bits per heavy atom. The van der Waals surface area contributed by atoms with E-state index in [1.54, 1.807) is 6.07 Å². The summed E-state index contributed by atoms with van der Waals surface area (Å²) in [5, 5.41) is 25.8. The van der Waals surface area contributed by atoms with E-state index in [4.69, 9.17) is 22.3 Å². The standard InChI is InChI=1S/C8H5ClN4O2/c9-8(5(2-10)3-11)7-1-6(4-12-7)13(14)15/h1-2,4,10,12H/b8-5-,10-2?. The Kier molecular flexibility index (Phi) is 3.21. The molecule has 0 aromatic carbocycles. The number of rotatable bonds is 3. The van der Waals surface area contributed by atoms with Gasteiger partial charge >= 0.3 is 0 Å². The fourth-order valence-corrected chi connectivity index (χ4v) is 1.11. The number of H-pyrrole nitrogens is 1. The average molecular weight is 225 g/mol. The molecule has 0 radical (unpaired) electrons. The van der Waals surface area contributed by atoms with Gasteiger partial charge in [0.15, 0.2) is 0 Å². The van der Waals surface area contributed by atoms with Crippen molar-refractivity contribution in [3.05, 3.63) is 33.6 Å². The van der Waals surface area contributed by atoms with E-state index in [0.29, 0.717) is 0 Å². The van der Waals surface area contributed by atoms with Crippen molar-refractivity contribution in [2.24, 2.45) is 0 Å². The zero-order valence-electron chi connectivity index (χ0n) is 7.32. The molecule has 0 aliphatic carbocycles. The molecule has 0 fully saturated rings. The van der Waals surface area contributed by atoms with Gasteiger partial charge in [0.05, 0.1) is 27.4 Å². The first-order chi connectivity index (χ1) is 7.10. The van der Waals surface area contributed by atoms with Gasteiger partial charge in [-0.25, -0.2) is 0 Å². The number of nitriles is 1. The maximum atomic E-state index is 10.4. The molecule has 0 saturated carbocycles. The number of nitrogens with zero attached hydrogens (tertiary/aromatic N) is 2. The van der Waals surface area contributed by atoms with Crippen molar-refractivity contribution in [3.63, 3.8) is 0 Å². The molecule has 0 unspecified atom stereocenters. The number of halogens is 1. The number of aromatic amines is 1. The summed E-state index contributed by atoms with van der Waals surface area (Å²) in [6, 6.07) is 2.90. The van der Waals surface area contributed by atoms with E-state index >= 15 is 0 Å². The van der Waals surface area contributed by atoms with Gasteiger partial charge in [0.1, 0.15) is 6.07 Å². The summed E-state index contributed by atoms with van der Waals surface area (Å²) in [5.41, 5.74) is 0.0299. The summed E-state index contributed by atoms with van der Waals surface area (Å²) in [4.78, 5) is 12.3. The van der Waals surface area contributed by atoms with Gasteiger partial charge in [0.2, 0.25) is 0 Å². The lowest BCUT2D eigenvalue weighted by Gasteiger charge is -1.93. The van der Waals surface area contributed by atoms with Crippen LogP contribution in [0.5, 0.6) is 0 Å². The van der Waals surface area contributed by atoms with Crippen LogP contribution in [0.4, 0.5) is 5.69 Å². The van der Waals surface area contributed by atoms with Crippen molar-refractivity contribution >= 4 is 28.5 Å². The van der Waals surface area contributed by atoms with Gasteiger partial charge in [-0.05, 0) is 0 Å². The summed E-state index contributed by atoms with van der Waals surface area (Å²) in [6.07, 6.45) is 1.95. The lowest BCUT2D eigenvalue weighted by atomic mass is 10.2. The Hall–Kier alpha value is -2.13. The summed E-state index contributed by atoms with van der Waals surface area (Å²) in [7, 11) is 0. The molecule has 1 rings (SSSR count). The van der Waals surface area contributed by atoms with Crippen LogP contribution >= 0.6 is 11.6 Å². The Bertz CT molecular complexity index is 483. The van der Waals surface area contributed by atoms with Gasteiger partial charge in [0.25, 0.3) is 5.69 Å². The Morgan fingerprint density at radius 1 is 1.80 bits per heavy atom. The predicted molar refractivity (Wildman–Crippen MR) is 54.6 cm³/mol. The summed E-state index contributed by atoms with van der Waals surface area (Å²) in [5.74, 6) is 0. The maximum absolute atomic E-state index is 10.4. The van der Waals surface area contributed by atoms with E-state index < -0.39 is 4.92 Å². The van der Waals surface area contributed by atoms with Crippen LogP contribution in [-0.4, -0.2) is 16.1 Å². The molecule has 2 N–H and O–H groups in total. The Morgan fingerprint density at radius 2 is 2.47 bits per heavy atom. The van der Waals surface area contributed by atoms with E-state index in [-0.39, 0.29) is 22.0 Å². The second-order valence-corrected chi connectivity index (χ2v) is 2.89. The molecule has 0 aliphatic rings. The molecule has 0 amide bonds. The van der Waals surface area contributed by atoms with E-state index in [1.165, 1.54) is 6.07 Å². The third-order valence-electron chi connectivity index (χ3n) is 1.62. The molecule has 0 bridgehead atoms. The minimum atomic E-state index is -0.583. The van der Waals surface area contributed by atoms with Gasteiger partial charge in [-0.1, -0.05) is 11.6 Å². The molecular weight excluding hydrogens is 220 g/mol. The lowest BCUT2D eigenvalue weighted by Crippen LogP contribution is -1.85. The normalized spacial score (nSPS) is 11.5. The van der Waals surface area contributed by atoms with Gasteiger partial charge in [-0.2, -0.15) is 5.26 Å². The van der Waals surface area contributed by atoms with Crippen LogP contribution in [0.2, 0.25) is 0 Å². The van der Waals surface area contributed by atoms with Crippen LogP contribution in [0.1, 0.15) is 5.69 Å². The zero-order chi connectivity index (χ0) is 11.4. The Labute approximate surface area is 89.4 Å². The second-order valence-electron chi connectivity index (χ2n) is 2.51. The van der Waals surface area contributed by atoms with Gasteiger partial charge in [-0.15, -0.1) is 0 Å². The molecule has 0 aliphatic heterocycles. The van der Waals surface area contributed by atoms with Crippen LogP contribution in [0.15, 0.2) is 17.8 Å². The summed E-state index contributed by atoms with van der Waals surface area (Å²) >= 11 is 5.74. The van der Waals surface area contributed by atoms with Crippen molar-refractivity contribution in [2.45, 2.75) is 0 Å². The highest BCUT2D eigenvalue weighted by Gasteiger charge is 2.12.